The molecule has 1 amide bonds. The van der Waals surface area contributed by atoms with Gasteiger partial charge in [-0.25, -0.2) is 4.98 Å². The van der Waals surface area contributed by atoms with Crippen molar-refractivity contribution in [3.8, 4) is 0 Å². The third-order valence-electron chi connectivity index (χ3n) is 3.44. The van der Waals surface area contributed by atoms with E-state index in [0.29, 0.717) is 30.5 Å². The lowest BCUT2D eigenvalue weighted by molar-refractivity contribution is 0.0784. The van der Waals surface area contributed by atoms with Crippen molar-refractivity contribution in [1.29, 1.82) is 0 Å². The standard InChI is InChI=1S/C12H16N6O2/c1-2-3-10-13-9(7-20-10)12(19)18-5-4-8(6-18)11-14-16-17-15-11/h7-8H,2-6H2,1H3,(H,14,15,16,17). The van der Waals surface area contributed by atoms with Crippen molar-refractivity contribution in [1.82, 2.24) is 30.5 Å². The zero-order chi connectivity index (χ0) is 13.9. The van der Waals surface area contributed by atoms with Crippen LogP contribution in [0.5, 0.6) is 0 Å². The van der Waals surface area contributed by atoms with E-state index >= 15 is 0 Å². The Morgan fingerprint density at radius 1 is 1.60 bits per heavy atom. The summed E-state index contributed by atoms with van der Waals surface area (Å²) in [5.74, 6) is 1.32. The molecular weight excluding hydrogens is 260 g/mol. The van der Waals surface area contributed by atoms with E-state index in [4.69, 9.17) is 4.42 Å². The monoisotopic (exact) mass is 276 g/mol. The Morgan fingerprint density at radius 3 is 3.25 bits per heavy atom. The van der Waals surface area contributed by atoms with E-state index in [-0.39, 0.29) is 11.8 Å². The molecule has 1 atom stereocenters. The first kappa shape index (κ1) is 12.8. The van der Waals surface area contributed by atoms with Gasteiger partial charge in [-0.3, -0.25) is 4.79 Å². The Bertz CT molecular complexity index is 579. The fourth-order valence-electron chi connectivity index (χ4n) is 2.40. The van der Waals surface area contributed by atoms with Crippen LogP contribution in [0.15, 0.2) is 10.7 Å². The van der Waals surface area contributed by atoms with Crippen molar-refractivity contribution < 1.29 is 9.21 Å². The summed E-state index contributed by atoms with van der Waals surface area (Å²) in [6, 6.07) is 0. The zero-order valence-corrected chi connectivity index (χ0v) is 11.2. The molecule has 8 heteroatoms. The van der Waals surface area contributed by atoms with E-state index in [1.807, 2.05) is 6.92 Å². The third kappa shape index (κ3) is 2.40. The molecule has 106 valence electrons. The summed E-state index contributed by atoms with van der Waals surface area (Å²) < 4.78 is 5.29. The van der Waals surface area contributed by atoms with Crippen LogP contribution in [0.1, 0.15) is 47.9 Å². The van der Waals surface area contributed by atoms with Crippen LogP contribution in [0.3, 0.4) is 0 Å². The molecule has 1 saturated heterocycles. The van der Waals surface area contributed by atoms with Gasteiger partial charge in [0.1, 0.15) is 6.26 Å². The number of carbonyl (C=O) groups is 1. The Labute approximate surface area is 115 Å². The maximum Gasteiger partial charge on any atom is 0.275 e. The number of aryl methyl sites for hydroxylation is 1. The number of carbonyl (C=O) groups excluding carboxylic acids is 1. The number of oxazole rings is 1. The predicted molar refractivity (Wildman–Crippen MR) is 67.9 cm³/mol. The SMILES string of the molecule is CCCc1nc(C(=O)N2CCC(c3nn[nH]n3)C2)co1. The van der Waals surface area contributed by atoms with Crippen LogP contribution in [-0.2, 0) is 6.42 Å². The van der Waals surface area contributed by atoms with E-state index in [1.165, 1.54) is 6.26 Å². The highest BCUT2D eigenvalue weighted by atomic mass is 16.3. The first-order valence-electron chi connectivity index (χ1n) is 6.75. The predicted octanol–water partition coefficient (Wildman–Crippen LogP) is 0.770. The summed E-state index contributed by atoms with van der Waals surface area (Å²) in [6.45, 7) is 3.31. The fraction of sp³-hybridized carbons (Fsp3) is 0.583. The number of H-pyrrole nitrogens is 1. The van der Waals surface area contributed by atoms with Crippen molar-refractivity contribution in [2.75, 3.05) is 13.1 Å². The number of aromatic amines is 1. The Morgan fingerprint density at radius 2 is 2.50 bits per heavy atom. The summed E-state index contributed by atoms with van der Waals surface area (Å²) in [7, 11) is 0. The molecule has 0 aromatic carbocycles. The molecule has 1 unspecified atom stereocenters. The van der Waals surface area contributed by atoms with Crippen molar-refractivity contribution in [2.24, 2.45) is 0 Å². The fourth-order valence-corrected chi connectivity index (χ4v) is 2.40. The quantitative estimate of drug-likeness (QED) is 0.885. The van der Waals surface area contributed by atoms with Gasteiger partial charge in [0, 0.05) is 25.4 Å². The van der Waals surface area contributed by atoms with E-state index < -0.39 is 0 Å². The van der Waals surface area contributed by atoms with Gasteiger partial charge < -0.3 is 9.32 Å². The zero-order valence-electron chi connectivity index (χ0n) is 11.2. The molecule has 1 N–H and O–H groups in total. The van der Waals surface area contributed by atoms with Crippen LogP contribution < -0.4 is 0 Å². The molecule has 1 aliphatic rings. The van der Waals surface area contributed by atoms with Crippen molar-refractivity contribution >= 4 is 5.91 Å². The first-order chi connectivity index (χ1) is 9.78. The maximum absolute atomic E-state index is 12.3. The number of rotatable bonds is 4. The van der Waals surface area contributed by atoms with E-state index in [9.17, 15) is 4.79 Å². The van der Waals surface area contributed by atoms with Gasteiger partial charge in [0.15, 0.2) is 17.4 Å². The molecule has 0 saturated carbocycles. The number of amides is 1. The molecule has 0 bridgehead atoms. The second-order valence-corrected chi connectivity index (χ2v) is 4.88. The molecule has 2 aromatic rings. The summed E-state index contributed by atoms with van der Waals surface area (Å²) in [5, 5.41) is 13.9. The lowest BCUT2D eigenvalue weighted by Crippen LogP contribution is -2.28. The normalized spacial score (nSPS) is 18.6. The van der Waals surface area contributed by atoms with E-state index in [0.717, 1.165) is 19.3 Å². The van der Waals surface area contributed by atoms with Gasteiger partial charge in [0.05, 0.1) is 0 Å². The largest absolute Gasteiger partial charge is 0.448 e. The average molecular weight is 276 g/mol. The number of nitrogens with one attached hydrogen (secondary N) is 1. The van der Waals surface area contributed by atoms with Gasteiger partial charge in [-0.15, -0.1) is 10.2 Å². The Balaban J connectivity index is 1.66. The minimum Gasteiger partial charge on any atom is -0.448 e. The summed E-state index contributed by atoms with van der Waals surface area (Å²) >= 11 is 0. The maximum atomic E-state index is 12.3. The number of likely N-dealkylation sites (tertiary alicyclic amines) is 1. The molecular formula is C12H16N6O2. The molecule has 0 aliphatic carbocycles. The first-order valence-corrected chi connectivity index (χ1v) is 6.75. The number of hydrogen-bond donors (Lipinski definition) is 1. The minimum absolute atomic E-state index is 0.0953. The van der Waals surface area contributed by atoms with E-state index in [2.05, 4.69) is 25.6 Å². The lowest BCUT2D eigenvalue weighted by atomic mass is 10.1. The smallest absolute Gasteiger partial charge is 0.275 e. The highest BCUT2D eigenvalue weighted by molar-refractivity contribution is 5.92. The number of aromatic nitrogens is 5. The summed E-state index contributed by atoms with van der Waals surface area (Å²) in [6.07, 6.45) is 3.97. The molecule has 8 nitrogen and oxygen atoms in total. The second-order valence-electron chi connectivity index (χ2n) is 4.88. The molecule has 0 radical (unpaired) electrons. The number of tetrazole rings is 1. The number of nitrogens with zero attached hydrogens (tertiary/aromatic N) is 5. The second kappa shape index (κ2) is 5.40. The van der Waals surface area contributed by atoms with Crippen LogP contribution in [0.25, 0.3) is 0 Å². The average Bonchev–Trinajstić information content (AvgIpc) is 3.19. The lowest BCUT2D eigenvalue weighted by Gasteiger charge is -2.13. The molecule has 1 aliphatic heterocycles. The molecule has 20 heavy (non-hydrogen) atoms. The van der Waals surface area contributed by atoms with Crippen LogP contribution in [0.4, 0.5) is 0 Å². The van der Waals surface area contributed by atoms with Gasteiger partial charge in [0.25, 0.3) is 5.91 Å². The van der Waals surface area contributed by atoms with Crippen molar-refractivity contribution in [3.05, 3.63) is 23.7 Å². The molecule has 0 spiro atoms. The van der Waals surface area contributed by atoms with Crippen LogP contribution in [-0.4, -0.2) is 49.5 Å². The van der Waals surface area contributed by atoms with Crippen LogP contribution >= 0.6 is 0 Å². The van der Waals surface area contributed by atoms with Crippen molar-refractivity contribution in [2.45, 2.75) is 32.1 Å². The topological polar surface area (TPSA) is 101 Å². The summed E-state index contributed by atoms with van der Waals surface area (Å²) in [5.41, 5.74) is 0.377. The molecule has 1 fully saturated rings. The van der Waals surface area contributed by atoms with Gasteiger partial charge in [-0.05, 0) is 12.8 Å². The summed E-state index contributed by atoms with van der Waals surface area (Å²) in [4.78, 5) is 18.3. The Hall–Kier alpha value is -2.25. The highest BCUT2D eigenvalue weighted by Gasteiger charge is 2.31. The molecule has 3 heterocycles. The van der Waals surface area contributed by atoms with Crippen LogP contribution in [0, 0.1) is 0 Å². The third-order valence-corrected chi connectivity index (χ3v) is 3.44. The van der Waals surface area contributed by atoms with E-state index in [1.54, 1.807) is 4.90 Å². The minimum atomic E-state index is -0.0953. The Kier molecular flexibility index (Phi) is 3.44. The van der Waals surface area contributed by atoms with Gasteiger partial charge >= 0.3 is 0 Å². The van der Waals surface area contributed by atoms with Gasteiger partial charge in [0.2, 0.25) is 0 Å². The number of hydrogen-bond acceptors (Lipinski definition) is 6. The van der Waals surface area contributed by atoms with Crippen molar-refractivity contribution in [3.63, 3.8) is 0 Å². The molecule has 2 aromatic heterocycles. The van der Waals surface area contributed by atoms with Crippen LogP contribution in [0.2, 0.25) is 0 Å². The molecule has 3 rings (SSSR count). The van der Waals surface area contributed by atoms with Gasteiger partial charge in [-0.1, -0.05) is 12.1 Å². The van der Waals surface area contributed by atoms with Gasteiger partial charge in [-0.2, -0.15) is 5.21 Å². The highest BCUT2D eigenvalue weighted by Crippen LogP contribution is 2.25.